The van der Waals surface area contributed by atoms with Gasteiger partial charge in [0.15, 0.2) is 0 Å². The van der Waals surface area contributed by atoms with Crippen molar-refractivity contribution in [2.75, 3.05) is 25.1 Å². The van der Waals surface area contributed by atoms with Crippen LogP contribution >= 0.6 is 0 Å². The van der Waals surface area contributed by atoms with Gasteiger partial charge in [-0.25, -0.2) is 8.42 Å². The molecule has 0 unspecified atom stereocenters. The first-order chi connectivity index (χ1) is 14.4. The van der Waals surface area contributed by atoms with Crippen LogP contribution in [0.1, 0.15) is 12.8 Å². The van der Waals surface area contributed by atoms with Crippen LogP contribution in [0.15, 0.2) is 64.5 Å². The van der Waals surface area contributed by atoms with E-state index in [0.717, 1.165) is 11.1 Å². The number of pyridine rings is 1. The van der Waals surface area contributed by atoms with Crippen molar-refractivity contribution in [1.29, 1.82) is 0 Å². The zero-order valence-electron chi connectivity index (χ0n) is 16.5. The van der Waals surface area contributed by atoms with Gasteiger partial charge in [0.05, 0.1) is 34.0 Å². The summed E-state index contributed by atoms with van der Waals surface area (Å²) in [5, 5.41) is 9.92. The second-order valence-electron chi connectivity index (χ2n) is 7.30. The summed E-state index contributed by atoms with van der Waals surface area (Å²) in [5.41, 5.74) is 1.59. The highest BCUT2D eigenvalue weighted by Gasteiger charge is 2.26. The maximum Gasteiger partial charge on any atom is 0.306 e. The van der Waals surface area contributed by atoms with Gasteiger partial charge in [-0.1, -0.05) is 18.2 Å². The SMILES string of the molecule is COc1cccc(S(=O)(=O)c2cnc3c(N4CCC(C(=O)O)CC4)cccc3c2)c1. The van der Waals surface area contributed by atoms with E-state index in [2.05, 4.69) is 9.88 Å². The van der Waals surface area contributed by atoms with Crippen LogP contribution in [0.2, 0.25) is 0 Å². The second kappa shape index (κ2) is 7.95. The van der Waals surface area contributed by atoms with Gasteiger partial charge in [-0.2, -0.15) is 0 Å². The Morgan fingerprint density at radius 1 is 1.10 bits per heavy atom. The first kappa shape index (κ1) is 20.2. The number of fused-ring (bicyclic) bond motifs is 1. The van der Waals surface area contributed by atoms with Crippen LogP contribution in [0.25, 0.3) is 10.9 Å². The minimum atomic E-state index is -3.74. The van der Waals surface area contributed by atoms with Crippen LogP contribution in [0.5, 0.6) is 5.75 Å². The molecule has 1 aliphatic rings. The molecule has 7 nitrogen and oxygen atoms in total. The number of piperidine rings is 1. The van der Waals surface area contributed by atoms with Gasteiger partial charge >= 0.3 is 5.97 Å². The lowest BCUT2D eigenvalue weighted by molar-refractivity contribution is -0.142. The molecule has 0 amide bonds. The quantitative estimate of drug-likeness (QED) is 0.668. The average Bonchev–Trinajstić information content (AvgIpc) is 2.78. The first-order valence-electron chi connectivity index (χ1n) is 9.66. The normalized spacial score (nSPS) is 15.3. The molecule has 1 N–H and O–H groups in total. The van der Waals surface area contributed by atoms with E-state index in [4.69, 9.17) is 4.74 Å². The van der Waals surface area contributed by atoms with Crippen LogP contribution in [0.4, 0.5) is 5.69 Å². The summed E-state index contributed by atoms with van der Waals surface area (Å²) in [6, 6.07) is 13.6. The Hall–Kier alpha value is -3.13. The molecule has 30 heavy (non-hydrogen) atoms. The third-order valence-corrected chi connectivity index (χ3v) is 7.23. The minimum Gasteiger partial charge on any atom is -0.497 e. The summed E-state index contributed by atoms with van der Waals surface area (Å²) < 4.78 is 31.3. The van der Waals surface area contributed by atoms with E-state index in [9.17, 15) is 18.3 Å². The number of aliphatic carboxylic acids is 1. The molecular weight excluding hydrogens is 404 g/mol. The molecule has 4 rings (SSSR count). The highest BCUT2D eigenvalue weighted by Crippen LogP contribution is 2.31. The number of aromatic nitrogens is 1. The fraction of sp³-hybridized carbons (Fsp3) is 0.273. The number of sulfone groups is 1. The van der Waals surface area contributed by atoms with Crippen molar-refractivity contribution in [2.24, 2.45) is 5.92 Å². The van der Waals surface area contributed by atoms with Gasteiger partial charge in [-0.3, -0.25) is 9.78 Å². The van der Waals surface area contributed by atoms with Crippen molar-refractivity contribution in [2.45, 2.75) is 22.6 Å². The van der Waals surface area contributed by atoms with Crippen LogP contribution in [-0.2, 0) is 14.6 Å². The Bertz CT molecular complexity index is 1200. The number of rotatable bonds is 5. The highest BCUT2D eigenvalue weighted by molar-refractivity contribution is 7.91. The Kier molecular flexibility index (Phi) is 5.34. The number of para-hydroxylation sites is 1. The molecule has 1 fully saturated rings. The molecule has 8 heteroatoms. The Morgan fingerprint density at radius 3 is 2.53 bits per heavy atom. The van der Waals surface area contributed by atoms with Gasteiger partial charge in [0.1, 0.15) is 5.75 Å². The summed E-state index contributed by atoms with van der Waals surface area (Å²) >= 11 is 0. The maximum absolute atomic E-state index is 13.1. The molecule has 0 spiro atoms. The number of anilines is 1. The van der Waals surface area contributed by atoms with Gasteiger partial charge in [-0.15, -0.1) is 0 Å². The number of methoxy groups -OCH3 is 1. The van der Waals surface area contributed by atoms with E-state index in [-0.39, 0.29) is 15.7 Å². The fourth-order valence-corrected chi connectivity index (χ4v) is 5.07. The number of nitrogens with zero attached hydrogens (tertiary/aromatic N) is 2. The third-order valence-electron chi connectivity index (χ3n) is 5.51. The second-order valence-corrected chi connectivity index (χ2v) is 9.25. The Balaban J connectivity index is 1.68. The number of carbonyl (C=O) groups is 1. The van der Waals surface area contributed by atoms with Gasteiger partial charge in [0, 0.05) is 24.7 Å². The van der Waals surface area contributed by atoms with Gasteiger partial charge < -0.3 is 14.7 Å². The lowest BCUT2D eigenvalue weighted by Gasteiger charge is -2.32. The molecule has 1 aliphatic heterocycles. The van der Waals surface area contributed by atoms with Crippen LogP contribution < -0.4 is 9.64 Å². The lowest BCUT2D eigenvalue weighted by atomic mass is 9.96. The number of carboxylic acid groups (broad SMARTS) is 1. The molecular formula is C22H22N2O5S. The largest absolute Gasteiger partial charge is 0.497 e. The smallest absolute Gasteiger partial charge is 0.306 e. The van der Waals surface area contributed by atoms with Crippen molar-refractivity contribution in [3.63, 3.8) is 0 Å². The monoisotopic (exact) mass is 426 g/mol. The van der Waals surface area contributed by atoms with Crippen LogP contribution in [0.3, 0.4) is 0 Å². The number of carboxylic acids is 1. The van der Waals surface area contributed by atoms with Crippen molar-refractivity contribution in [1.82, 2.24) is 4.98 Å². The molecule has 0 saturated carbocycles. The van der Waals surface area contributed by atoms with Crippen molar-refractivity contribution in [3.05, 3.63) is 54.7 Å². The first-order valence-corrected chi connectivity index (χ1v) is 11.1. The van der Waals surface area contributed by atoms with Gasteiger partial charge in [0.2, 0.25) is 9.84 Å². The van der Waals surface area contributed by atoms with E-state index in [1.54, 1.807) is 18.2 Å². The molecule has 0 aliphatic carbocycles. The van der Waals surface area contributed by atoms with Crippen LogP contribution in [-0.4, -0.2) is 44.7 Å². The van der Waals surface area contributed by atoms with E-state index in [0.29, 0.717) is 37.2 Å². The highest BCUT2D eigenvalue weighted by atomic mass is 32.2. The Morgan fingerprint density at radius 2 is 1.83 bits per heavy atom. The van der Waals surface area contributed by atoms with E-state index in [1.165, 1.54) is 25.4 Å². The van der Waals surface area contributed by atoms with Gasteiger partial charge in [0.25, 0.3) is 0 Å². The number of ether oxygens (including phenoxy) is 1. The number of hydrogen-bond donors (Lipinski definition) is 1. The summed E-state index contributed by atoms with van der Waals surface area (Å²) in [6.45, 7) is 1.25. The fourth-order valence-electron chi connectivity index (χ4n) is 3.80. The third kappa shape index (κ3) is 3.70. The average molecular weight is 426 g/mol. The minimum absolute atomic E-state index is 0.116. The van der Waals surface area contributed by atoms with Gasteiger partial charge in [-0.05, 0) is 43.2 Å². The van der Waals surface area contributed by atoms with E-state index >= 15 is 0 Å². The molecule has 156 valence electrons. The standard InChI is InChI=1S/C22H22N2O5S/c1-29-17-5-3-6-18(13-17)30(27,28)19-12-16-4-2-7-20(21(16)23-14-19)24-10-8-15(9-11-24)22(25)26/h2-7,12-15H,8-11H2,1H3,(H,25,26). The molecule has 0 atom stereocenters. The van der Waals surface area contributed by atoms with E-state index < -0.39 is 15.8 Å². The Labute approximate surface area is 174 Å². The molecule has 0 radical (unpaired) electrons. The van der Waals surface area contributed by atoms with Crippen molar-refractivity contribution >= 4 is 32.4 Å². The molecule has 3 aromatic rings. The molecule has 1 aromatic heterocycles. The summed E-state index contributed by atoms with van der Waals surface area (Å²) in [6.07, 6.45) is 2.53. The maximum atomic E-state index is 13.1. The summed E-state index contributed by atoms with van der Waals surface area (Å²) in [5.74, 6) is -0.598. The molecule has 0 bridgehead atoms. The zero-order valence-corrected chi connectivity index (χ0v) is 17.3. The number of hydrogen-bond acceptors (Lipinski definition) is 6. The topological polar surface area (TPSA) is 96.8 Å². The lowest BCUT2D eigenvalue weighted by Crippen LogP contribution is -2.36. The predicted octanol–water partition coefficient (Wildman–Crippen LogP) is 3.38. The van der Waals surface area contributed by atoms with E-state index in [1.807, 2.05) is 18.2 Å². The van der Waals surface area contributed by atoms with Crippen molar-refractivity contribution in [3.8, 4) is 5.75 Å². The zero-order chi connectivity index (χ0) is 21.3. The summed E-state index contributed by atoms with van der Waals surface area (Å²) in [4.78, 5) is 18.1. The summed E-state index contributed by atoms with van der Waals surface area (Å²) in [7, 11) is -2.25. The van der Waals surface area contributed by atoms with Crippen LogP contribution in [0, 0.1) is 5.92 Å². The molecule has 2 aromatic carbocycles. The molecule has 1 saturated heterocycles. The predicted molar refractivity (Wildman–Crippen MR) is 113 cm³/mol. The molecule has 2 heterocycles. The number of benzene rings is 2. The van der Waals surface area contributed by atoms with Crippen molar-refractivity contribution < 1.29 is 23.1 Å².